The maximum absolute atomic E-state index is 13.7. The second kappa shape index (κ2) is 10.5. The van der Waals surface area contributed by atoms with Crippen molar-refractivity contribution in [2.75, 3.05) is 13.7 Å². The molecule has 0 saturated heterocycles. The minimum atomic E-state index is -0.682. The molecule has 8 heteroatoms. The summed E-state index contributed by atoms with van der Waals surface area (Å²) in [4.78, 5) is 31.9. The molecule has 0 fully saturated rings. The minimum absolute atomic E-state index is 0.0803. The Hall–Kier alpha value is -3.65. The van der Waals surface area contributed by atoms with Gasteiger partial charge in [-0.2, -0.15) is 0 Å². The lowest BCUT2D eigenvalue weighted by Crippen LogP contribution is -2.40. The highest BCUT2D eigenvalue weighted by Gasteiger charge is 2.33. The van der Waals surface area contributed by atoms with Crippen LogP contribution in [0.15, 0.2) is 63.5 Å². The molecule has 0 amide bonds. The lowest BCUT2D eigenvalue weighted by Gasteiger charge is -2.25. The number of carbonyl (C=O) groups excluding carboxylic acids is 1. The summed E-state index contributed by atoms with van der Waals surface area (Å²) in [7, 11) is 1.60. The van der Waals surface area contributed by atoms with Crippen LogP contribution < -0.4 is 24.4 Å². The first-order valence-corrected chi connectivity index (χ1v) is 12.7. The van der Waals surface area contributed by atoms with Gasteiger partial charge < -0.3 is 14.2 Å². The summed E-state index contributed by atoms with van der Waals surface area (Å²) in [6.45, 7) is 9.64. The fraction of sp³-hybridized carbons (Fsp3) is 0.321. The van der Waals surface area contributed by atoms with Crippen molar-refractivity contribution in [3.05, 3.63) is 90.1 Å². The Kier molecular flexibility index (Phi) is 7.45. The summed E-state index contributed by atoms with van der Waals surface area (Å²) in [5, 5.41) is 0. The Morgan fingerprint density at radius 1 is 1.17 bits per heavy atom. The lowest BCUT2D eigenvalue weighted by molar-refractivity contribution is -0.139. The average molecular weight is 507 g/mol. The van der Waals surface area contributed by atoms with Crippen LogP contribution in [0.4, 0.5) is 0 Å². The Labute approximate surface area is 214 Å². The number of aromatic nitrogens is 1. The molecule has 1 aliphatic rings. The number of fused-ring (bicyclic) bond motifs is 1. The molecule has 4 rings (SSSR count). The summed E-state index contributed by atoms with van der Waals surface area (Å²) >= 11 is 1.29. The fourth-order valence-electron chi connectivity index (χ4n) is 4.18. The molecule has 1 aliphatic heterocycles. The van der Waals surface area contributed by atoms with E-state index in [4.69, 9.17) is 14.2 Å². The van der Waals surface area contributed by atoms with Crippen molar-refractivity contribution in [1.82, 2.24) is 4.57 Å². The van der Waals surface area contributed by atoms with Crippen molar-refractivity contribution < 1.29 is 19.0 Å². The van der Waals surface area contributed by atoms with Crippen LogP contribution in [0, 0.1) is 6.92 Å². The number of hydrogen-bond donors (Lipinski definition) is 0. The van der Waals surface area contributed by atoms with Gasteiger partial charge in [0, 0.05) is 0 Å². The van der Waals surface area contributed by atoms with Crippen LogP contribution in [0.2, 0.25) is 0 Å². The molecule has 1 atom stereocenters. The molecular weight excluding hydrogens is 476 g/mol. The molecule has 36 heavy (non-hydrogen) atoms. The van der Waals surface area contributed by atoms with Crippen LogP contribution >= 0.6 is 11.3 Å². The van der Waals surface area contributed by atoms with Crippen LogP contribution in [-0.4, -0.2) is 30.4 Å². The van der Waals surface area contributed by atoms with E-state index < -0.39 is 12.0 Å². The average Bonchev–Trinajstić information content (AvgIpc) is 3.14. The normalized spacial score (nSPS) is 15.5. The van der Waals surface area contributed by atoms with E-state index >= 15 is 0 Å². The van der Waals surface area contributed by atoms with E-state index in [1.54, 1.807) is 25.5 Å². The quantitative estimate of drug-likeness (QED) is 0.454. The van der Waals surface area contributed by atoms with E-state index in [1.165, 1.54) is 11.3 Å². The van der Waals surface area contributed by atoms with E-state index in [0.29, 0.717) is 26.4 Å². The molecule has 1 aromatic heterocycles. The predicted molar refractivity (Wildman–Crippen MR) is 140 cm³/mol. The van der Waals surface area contributed by atoms with Gasteiger partial charge in [-0.1, -0.05) is 35.6 Å². The number of esters is 1. The third kappa shape index (κ3) is 4.99. The highest BCUT2D eigenvalue weighted by atomic mass is 32.1. The standard InChI is InChI=1S/C28H30N2O5S/c1-7-34-27(32)24-18(5)29-28-30(25(24)20-11-8-17(4)22(15-20)33-6)26(31)23(36-28)14-19-9-12-21(13-10-19)35-16(2)3/h8-16,25H,7H2,1-6H3/b23-14+/t25-/m0/s1. The number of benzene rings is 2. The lowest BCUT2D eigenvalue weighted by atomic mass is 9.95. The van der Waals surface area contributed by atoms with Gasteiger partial charge in [0.1, 0.15) is 11.5 Å². The summed E-state index contributed by atoms with van der Waals surface area (Å²) in [5.74, 6) is 0.959. The van der Waals surface area contributed by atoms with E-state index in [2.05, 4.69) is 4.99 Å². The van der Waals surface area contributed by atoms with Gasteiger partial charge in [0.05, 0.1) is 41.7 Å². The van der Waals surface area contributed by atoms with E-state index in [0.717, 1.165) is 22.4 Å². The Bertz CT molecular complexity index is 1500. The number of aryl methyl sites for hydroxylation is 1. The molecule has 188 valence electrons. The van der Waals surface area contributed by atoms with Crippen LogP contribution in [0.3, 0.4) is 0 Å². The molecule has 0 spiro atoms. The molecule has 2 aromatic carbocycles. The molecule has 2 heterocycles. The Morgan fingerprint density at radius 3 is 2.53 bits per heavy atom. The third-order valence-electron chi connectivity index (χ3n) is 5.81. The molecular formula is C28H30N2O5S. The van der Waals surface area contributed by atoms with Gasteiger partial charge in [-0.3, -0.25) is 9.36 Å². The smallest absolute Gasteiger partial charge is 0.338 e. The SMILES string of the molecule is CCOC(=O)C1=C(C)N=c2s/c(=C/c3ccc(OC(C)C)cc3)c(=O)n2[C@H]1c1ccc(C)c(OC)c1. The molecule has 0 N–H and O–H groups in total. The van der Waals surface area contributed by atoms with Crippen LogP contribution in [-0.2, 0) is 9.53 Å². The van der Waals surface area contributed by atoms with Crippen molar-refractivity contribution in [2.24, 2.45) is 4.99 Å². The molecule has 0 bridgehead atoms. The topological polar surface area (TPSA) is 79.1 Å². The van der Waals surface area contributed by atoms with Crippen LogP contribution in [0.5, 0.6) is 11.5 Å². The van der Waals surface area contributed by atoms with Crippen molar-refractivity contribution in [3.63, 3.8) is 0 Å². The van der Waals surface area contributed by atoms with E-state index in [-0.39, 0.29) is 18.3 Å². The summed E-state index contributed by atoms with van der Waals surface area (Å²) < 4.78 is 18.7. The summed E-state index contributed by atoms with van der Waals surface area (Å²) in [5.41, 5.74) is 3.22. The third-order valence-corrected chi connectivity index (χ3v) is 6.80. The Morgan fingerprint density at radius 2 is 1.89 bits per heavy atom. The second-order valence-corrected chi connectivity index (χ2v) is 9.78. The van der Waals surface area contributed by atoms with Crippen LogP contribution in [0.1, 0.15) is 50.4 Å². The first-order valence-electron chi connectivity index (χ1n) is 11.8. The molecule has 3 aromatic rings. The summed E-state index contributed by atoms with van der Waals surface area (Å²) in [6, 6.07) is 12.6. The van der Waals surface area contributed by atoms with Crippen molar-refractivity contribution in [3.8, 4) is 11.5 Å². The number of thiazole rings is 1. The molecule has 0 radical (unpaired) electrons. The number of hydrogen-bond acceptors (Lipinski definition) is 7. The molecule has 7 nitrogen and oxygen atoms in total. The van der Waals surface area contributed by atoms with Gasteiger partial charge in [0.2, 0.25) is 0 Å². The molecule has 0 aliphatic carbocycles. The number of nitrogens with zero attached hydrogens (tertiary/aromatic N) is 2. The zero-order valence-electron chi connectivity index (χ0n) is 21.3. The fourth-order valence-corrected chi connectivity index (χ4v) is 5.23. The summed E-state index contributed by atoms with van der Waals surface area (Å²) in [6.07, 6.45) is 1.91. The van der Waals surface area contributed by atoms with Gasteiger partial charge in [-0.05, 0) is 75.6 Å². The van der Waals surface area contributed by atoms with Gasteiger partial charge in [-0.15, -0.1) is 0 Å². The van der Waals surface area contributed by atoms with Gasteiger partial charge in [0.15, 0.2) is 4.80 Å². The number of allylic oxidation sites excluding steroid dienone is 1. The molecule has 0 unspecified atom stereocenters. The number of rotatable bonds is 7. The first kappa shape index (κ1) is 25.4. The predicted octanol–water partition coefficient (Wildman–Crippen LogP) is 3.90. The van der Waals surface area contributed by atoms with Crippen molar-refractivity contribution in [2.45, 2.75) is 46.8 Å². The monoisotopic (exact) mass is 506 g/mol. The van der Waals surface area contributed by atoms with Crippen LogP contribution in [0.25, 0.3) is 6.08 Å². The van der Waals surface area contributed by atoms with Gasteiger partial charge in [-0.25, -0.2) is 9.79 Å². The number of carbonyl (C=O) groups is 1. The van der Waals surface area contributed by atoms with Crippen molar-refractivity contribution in [1.29, 1.82) is 0 Å². The zero-order chi connectivity index (χ0) is 26.0. The Balaban J connectivity index is 1.88. The second-order valence-electron chi connectivity index (χ2n) is 8.77. The van der Waals surface area contributed by atoms with Gasteiger partial charge in [0.25, 0.3) is 5.56 Å². The first-order chi connectivity index (χ1) is 17.2. The highest BCUT2D eigenvalue weighted by molar-refractivity contribution is 7.07. The minimum Gasteiger partial charge on any atom is -0.496 e. The number of ether oxygens (including phenoxy) is 3. The number of methoxy groups -OCH3 is 1. The van der Waals surface area contributed by atoms with Gasteiger partial charge >= 0.3 is 5.97 Å². The molecule has 0 saturated carbocycles. The maximum Gasteiger partial charge on any atom is 0.338 e. The maximum atomic E-state index is 13.7. The van der Waals surface area contributed by atoms with E-state index in [9.17, 15) is 9.59 Å². The van der Waals surface area contributed by atoms with Crippen molar-refractivity contribution >= 4 is 23.4 Å². The zero-order valence-corrected chi connectivity index (χ0v) is 22.1. The van der Waals surface area contributed by atoms with E-state index in [1.807, 2.05) is 69.3 Å². The largest absolute Gasteiger partial charge is 0.496 e. The highest BCUT2D eigenvalue weighted by Crippen LogP contribution is 2.33.